The number of urea groups is 1. The molecule has 0 bridgehead atoms. The zero-order valence-corrected chi connectivity index (χ0v) is 21.7. The maximum atomic E-state index is 13.5. The van der Waals surface area contributed by atoms with Crippen LogP contribution < -0.4 is 15.5 Å². The second kappa shape index (κ2) is 11.7. The lowest BCUT2D eigenvalue weighted by Gasteiger charge is -2.26. The van der Waals surface area contributed by atoms with Crippen molar-refractivity contribution in [3.8, 4) is 11.1 Å². The summed E-state index contributed by atoms with van der Waals surface area (Å²) < 4.78 is 0. The van der Waals surface area contributed by atoms with Gasteiger partial charge in [-0.25, -0.2) is 4.79 Å². The van der Waals surface area contributed by atoms with Crippen LogP contribution in [0.2, 0.25) is 0 Å². The van der Waals surface area contributed by atoms with Gasteiger partial charge in [0.15, 0.2) is 0 Å². The lowest BCUT2D eigenvalue weighted by atomic mass is 9.98. The Balaban J connectivity index is 1.56. The van der Waals surface area contributed by atoms with Crippen LogP contribution in [0.5, 0.6) is 0 Å². The van der Waals surface area contributed by atoms with Crippen molar-refractivity contribution in [1.29, 1.82) is 0 Å². The van der Waals surface area contributed by atoms with E-state index in [9.17, 15) is 14.4 Å². The summed E-state index contributed by atoms with van der Waals surface area (Å²) in [4.78, 5) is 40.9. The minimum Gasteiger partial charge on any atom is -0.344 e. The van der Waals surface area contributed by atoms with E-state index in [1.807, 2.05) is 66.7 Å². The van der Waals surface area contributed by atoms with Crippen LogP contribution in [-0.4, -0.2) is 42.9 Å². The highest BCUT2D eigenvalue weighted by atomic mass is 16.2. The monoisotopic (exact) mass is 498 g/mol. The maximum Gasteiger partial charge on any atom is 0.317 e. The fourth-order valence-electron chi connectivity index (χ4n) is 4.57. The molecule has 1 atom stereocenters. The number of nitrogens with zero attached hydrogens (tertiary/aromatic N) is 2. The van der Waals surface area contributed by atoms with Crippen molar-refractivity contribution in [3.63, 3.8) is 0 Å². The molecule has 0 spiro atoms. The van der Waals surface area contributed by atoms with Gasteiger partial charge >= 0.3 is 6.03 Å². The second-order valence-corrected chi connectivity index (χ2v) is 9.47. The third-order valence-corrected chi connectivity index (χ3v) is 6.66. The number of carbonyl (C=O) groups excluding carboxylic acids is 3. The van der Waals surface area contributed by atoms with Crippen LogP contribution in [0.3, 0.4) is 0 Å². The van der Waals surface area contributed by atoms with Crippen molar-refractivity contribution in [2.24, 2.45) is 0 Å². The molecule has 0 saturated heterocycles. The molecule has 4 rings (SSSR count). The van der Waals surface area contributed by atoms with E-state index in [1.54, 1.807) is 25.9 Å². The van der Waals surface area contributed by atoms with Crippen LogP contribution in [-0.2, 0) is 29.1 Å². The highest BCUT2D eigenvalue weighted by molar-refractivity contribution is 6.00. The van der Waals surface area contributed by atoms with E-state index < -0.39 is 6.04 Å². The zero-order chi connectivity index (χ0) is 26.4. The second-order valence-electron chi connectivity index (χ2n) is 9.47. The average molecular weight is 499 g/mol. The van der Waals surface area contributed by atoms with Gasteiger partial charge < -0.3 is 20.4 Å². The fourth-order valence-corrected chi connectivity index (χ4v) is 4.57. The molecule has 7 heteroatoms. The van der Waals surface area contributed by atoms with E-state index in [0.717, 1.165) is 39.9 Å². The Morgan fingerprint density at radius 3 is 2.41 bits per heavy atom. The molecular weight excluding hydrogens is 464 g/mol. The van der Waals surface area contributed by atoms with Gasteiger partial charge in [-0.3, -0.25) is 9.59 Å². The smallest absolute Gasteiger partial charge is 0.317 e. The summed E-state index contributed by atoms with van der Waals surface area (Å²) in [5, 5.41) is 5.84. The number of anilines is 1. The number of benzene rings is 3. The largest absolute Gasteiger partial charge is 0.344 e. The number of aryl methyl sites for hydroxylation is 1. The summed E-state index contributed by atoms with van der Waals surface area (Å²) in [7, 11) is 3.43. The molecule has 3 aromatic carbocycles. The highest BCUT2D eigenvalue weighted by Gasteiger charge is 2.31. The van der Waals surface area contributed by atoms with Crippen LogP contribution in [0.4, 0.5) is 10.5 Å². The minimum absolute atomic E-state index is 0.0854. The molecule has 192 valence electrons. The van der Waals surface area contributed by atoms with Crippen molar-refractivity contribution in [2.45, 2.75) is 45.3 Å². The zero-order valence-electron chi connectivity index (χ0n) is 21.7. The van der Waals surface area contributed by atoms with Crippen LogP contribution in [0.1, 0.15) is 36.5 Å². The molecule has 0 saturated carbocycles. The summed E-state index contributed by atoms with van der Waals surface area (Å²) >= 11 is 0. The van der Waals surface area contributed by atoms with Gasteiger partial charge in [-0.15, -0.1) is 0 Å². The van der Waals surface area contributed by atoms with Gasteiger partial charge in [-0.2, -0.15) is 0 Å². The van der Waals surface area contributed by atoms with Crippen LogP contribution >= 0.6 is 0 Å². The number of amides is 4. The van der Waals surface area contributed by atoms with Crippen molar-refractivity contribution in [2.75, 3.05) is 19.0 Å². The van der Waals surface area contributed by atoms with E-state index in [4.69, 9.17) is 0 Å². The summed E-state index contributed by atoms with van der Waals surface area (Å²) in [6.45, 7) is 2.63. The topological polar surface area (TPSA) is 81.8 Å². The molecule has 37 heavy (non-hydrogen) atoms. The van der Waals surface area contributed by atoms with Gasteiger partial charge in [0.1, 0.15) is 6.04 Å². The third-order valence-electron chi connectivity index (χ3n) is 6.66. The Labute approximate surface area is 218 Å². The van der Waals surface area contributed by atoms with E-state index in [0.29, 0.717) is 25.9 Å². The first-order valence-electron chi connectivity index (χ1n) is 12.7. The fraction of sp³-hybridized carbons (Fsp3) is 0.300. The first kappa shape index (κ1) is 25.9. The Kier molecular flexibility index (Phi) is 8.23. The number of fused-ring (bicyclic) bond motifs is 1. The molecule has 2 N–H and O–H groups in total. The lowest BCUT2D eigenvalue weighted by molar-refractivity contribution is -0.127. The number of nitrogens with one attached hydrogen (secondary N) is 2. The van der Waals surface area contributed by atoms with E-state index >= 15 is 0 Å². The normalized spacial score (nSPS) is 14.9. The lowest BCUT2D eigenvalue weighted by Crippen LogP contribution is -2.47. The number of rotatable bonds is 7. The Bertz CT molecular complexity index is 1270. The Morgan fingerprint density at radius 2 is 1.68 bits per heavy atom. The molecule has 3 aromatic rings. The van der Waals surface area contributed by atoms with Crippen molar-refractivity contribution in [3.05, 3.63) is 89.5 Å². The van der Waals surface area contributed by atoms with Crippen LogP contribution in [0, 0.1) is 0 Å². The summed E-state index contributed by atoms with van der Waals surface area (Å²) in [6, 6.07) is 23.4. The summed E-state index contributed by atoms with van der Waals surface area (Å²) in [5.74, 6) is -0.202. The highest BCUT2D eigenvalue weighted by Crippen LogP contribution is 2.30. The molecule has 1 aliphatic rings. The maximum absolute atomic E-state index is 13.5. The van der Waals surface area contributed by atoms with Gasteiger partial charge in [0.25, 0.3) is 0 Å². The SMILES string of the molecule is CCC(=O)N[C@@H]1CCc2ccccc2N(Cc2ccc(-c3ccccc3CNC(=O)N(C)C)cc2)C1=O. The first-order valence-corrected chi connectivity index (χ1v) is 12.7. The number of hydrogen-bond donors (Lipinski definition) is 2. The Morgan fingerprint density at radius 1 is 0.973 bits per heavy atom. The van der Waals surface area contributed by atoms with Gasteiger partial charge in [-0.05, 0) is 46.7 Å². The number of carbonyl (C=O) groups is 3. The van der Waals surface area contributed by atoms with Gasteiger partial charge in [-0.1, -0.05) is 73.7 Å². The van der Waals surface area contributed by atoms with E-state index in [1.165, 1.54) is 4.90 Å². The van der Waals surface area contributed by atoms with Crippen LogP contribution in [0.15, 0.2) is 72.8 Å². The first-order chi connectivity index (χ1) is 17.9. The molecule has 1 aliphatic heterocycles. The molecule has 0 aromatic heterocycles. The molecular formula is C30H34N4O3. The third kappa shape index (κ3) is 6.17. The molecule has 1 heterocycles. The van der Waals surface area contributed by atoms with Crippen molar-refractivity contribution >= 4 is 23.5 Å². The van der Waals surface area contributed by atoms with E-state index in [-0.39, 0.29) is 17.8 Å². The summed E-state index contributed by atoms with van der Waals surface area (Å²) in [6.07, 6.45) is 1.66. The molecule has 0 unspecified atom stereocenters. The van der Waals surface area contributed by atoms with Crippen LogP contribution in [0.25, 0.3) is 11.1 Å². The molecule has 0 radical (unpaired) electrons. The number of hydrogen-bond acceptors (Lipinski definition) is 3. The predicted octanol–water partition coefficient (Wildman–Crippen LogP) is 4.50. The van der Waals surface area contributed by atoms with Gasteiger partial charge in [0.05, 0.1) is 6.54 Å². The van der Waals surface area contributed by atoms with E-state index in [2.05, 4.69) is 16.7 Å². The van der Waals surface area contributed by atoms with Gasteiger partial charge in [0.2, 0.25) is 11.8 Å². The van der Waals surface area contributed by atoms with Crippen molar-refractivity contribution < 1.29 is 14.4 Å². The van der Waals surface area contributed by atoms with Gasteiger partial charge in [0, 0.05) is 32.7 Å². The quantitative estimate of drug-likeness (QED) is 0.503. The Hall–Kier alpha value is -4.13. The molecule has 7 nitrogen and oxygen atoms in total. The summed E-state index contributed by atoms with van der Waals surface area (Å²) in [5.41, 5.74) is 6.10. The minimum atomic E-state index is -0.539. The molecule has 0 fully saturated rings. The predicted molar refractivity (Wildman–Crippen MR) is 146 cm³/mol. The van der Waals surface area contributed by atoms with Crippen molar-refractivity contribution in [1.82, 2.24) is 15.5 Å². The standard InChI is InChI=1S/C30H34N4O3/c1-4-28(35)32-26-18-17-23-9-6-8-12-27(23)34(29(26)36)20-21-13-15-22(16-14-21)25-11-7-5-10-24(25)19-31-30(37)33(2)3/h5-16,26H,4,17-20H2,1-3H3,(H,31,37)(H,32,35)/t26-/m1/s1. The average Bonchev–Trinajstić information content (AvgIpc) is 3.04. The number of para-hydroxylation sites is 1. The molecule has 4 amide bonds. The molecule has 0 aliphatic carbocycles.